The average Bonchev–Trinajstić information content (AvgIpc) is 2.43. The lowest BCUT2D eigenvalue weighted by molar-refractivity contribution is 0.0527. The normalized spacial score (nSPS) is 10.1. The fourth-order valence-electron chi connectivity index (χ4n) is 1.64. The average molecular weight is 292 g/mol. The zero-order valence-corrected chi connectivity index (χ0v) is 11.6. The van der Waals surface area contributed by atoms with Gasteiger partial charge in [-0.2, -0.15) is 0 Å². The summed E-state index contributed by atoms with van der Waals surface area (Å²) >= 11 is 6.07. The van der Waals surface area contributed by atoms with Gasteiger partial charge in [-0.3, -0.25) is 0 Å². The molecule has 0 amide bonds. The molecule has 0 unspecified atom stereocenters. The highest BCUT2D eigenvalue weighted by molar-refractivity contribution is 6.33. The summed E-state index contributed by atoms with van der Waals surface area (Å²) in [6, 6.07) is 8.69. The molecular formula is C14H14ClN3O2. The van der Waals surface area contributed by atoms with E-state index < -0.39 is 5.97 Å². The van der Waals surface area contributed by atoms with E-state index in [1.54, 1.807) is 19.1 Å². The van der Waals surface area contributed by atoms with E-state index in [1.165, 1.54) is 12.3 Å². The van der Waals surface area contributed by atoms with E-state index in [0.717, 1.165) is 0 Å². The Bertz CT molecular complexity index is 632. The van der Waals surface area contributed by atoms with E-state index in [4.69, 9.17) is 22.1 Å². The number of esters is 1. The highest BCUT2D eigenvalue weighted by Crippen LogP contribution is 2.26. The highest BCUT2D eigenvalue weighted by atomic mass is 35.5. The molecule has 0 fully saturated rings. The first-order valence-electron chi connectivity index (χ1n) is 6.06. The van der Waals surface area contributed by atoms with Crippen LogP contribution in [0.4, 0.5) is 17.2 Å². The van der Waals surface area contributed by atoms with Crippen molar-refractivity contribution in [1.29, 1.82) is 0 Å². The predicted octanol–water partition coefficient (Wildman–Crippen LogP) is 3.24. The van der Waals surface area contributed by atoms with Gasteiger partial charge >= 0.3 is 5.97 Å². The van der Waals surface area contributed by atoms with Gasteiger partial charge in [-0.1, -0.05) is 23.7 Å². The van der Waals surface area contributed by atoms with Crippen molar-refractivity contribution in [3.8, 4) is 0 Å². The molecular weight excluding hydrogens is 278 g/mol. The smallest absolute Gasteiger partial charge is 0.341 e. The minimum absolute atomic E-state index is 0.270. The SMILES string of the molecule is CCOC(=O)c1cc(N)cnc1Nc1ccccc1Cl. The summed E-state index contributed by atoms with van der Waals surface area (Å²) < 4.78 is 4.98. The molecule has 0 saturated carbocycles. The van der Waals surface area contributed by atoms with E-state index in [0.29, 0.717) is 22.2 Å². The Morgan fingerprint density at radius 2 is 2.20 bits per heavy atom. The molecule has 1 heterocycles. The van der Waals surface area contributed by atoms with Gasteiger partial charge in [0.25, 0.3) is 0 Å². The molecule has 0 aliphatic carbocycles. The topological polar surface area (TPSA) is 77.2 Å². The molecule has 5 nitrogen and oxygen atoms in total. The van der Waals surface area contributed by atoms with Crippen LogP contribution in [0.25, 0.3) is 0 Å². The lowest BCUT2D eigenvalue weighted by atomic mass is 10.2. The zero-order valence-electron chi connectivity index (χ0n) is 10.9. The minimum Gasteiger partial charge on any atom is -0.462 e. The van der Waals surface area contributed by atoms with E-state index in [-0.39, 0.29) is 12.2 Å². The molecule has 0 aliphatic rings. The van der Waals surface area contributed by atoms with Crippen molar-refractivity contribution in [2.75, 3.05) is 17.7 Å². The van der Waals surface area contributed by atoms with Crippen LogP contribution in [0.3, 0.4) is 0 Å². The van der Waals surface area contributed by atoms with Gasteiger partial charge in [0.05, 0.1) is 29.2 Å². The third kappa shape index (κ3) is 3.19. The third-order valence-corrected chi connectivity index (χ3v) is 2.86. The second kappa shape index (κ2) is 6.25. The summed E-state index contributed by atoms with van der Waals surface area (Å²) in [6.07, 6.45) is 1.46. The maximum absolute atomic E-state index is 11.9. The fourth-order valence-corrected chi connectivity index (χ4v) is 1.82. The van der Waals surface area contributed by atoms with Crippen LogP contribution in [0.5, 0.6) is 0 Å². The van der Waals surface area contributed by atoms with Gasteiger partial charge < -0.3 is 15.8 Å². The van der Waals surface area contributed by atoms with Gasteiger partial charge in [0, 0.05) is 0 Å². The van der Waals surface area contributed by atoms with Crippen LogP contribution in [0.15, 0.2) is 36.5 Å². The number of anilines is 3. The van der Waals surface area contributed by atoms with Crippen molar-refractivity contribution in [3.63, 3.8) is 0 Å². The second-order valence-electron chi connectivity index (χ2n) is 3.99. The van der Waals surface area contributed by atoms with Crippen LogP contribution in [-0.4, -0.2) is 17.6 Å². The zero-order chi connectivity index (χ0) is 14.5. The van der Waals surface area contributed by atoms with E-state index in [1.807, 2.05) is 12.1 Å². The molecule has 0 atom stereocenters. The summed E-state index contributed by atoms with van der Waals surface area (Å²) in [6.45, 7) is 2.01. The number of benzene rings is 1. The molecule has 0 spiro atoms. The maximum Gasteiger partial charge on any atom is 0.341 e. The van der Waals surface area contributed by atoms with Crippen LogP contribution >= 0.6 is 11.6 Å². The van der Waals surface area contributed by atoms with E-state index in [9.17, 15) is 4.79 Å². The Balaban J connectivity index is 2.36. The largest absolute Gasteiger partial charge is 0.462 e. The molecule has 2 rings (SSSR count). The van der Waals surface area contributed by atoms with Crippen LogP contribution in [0, 0.1) is 0 Å². The number of hydrogen-bond donors (Lipinski definition) is 2. The summed E-state index contributed by atoms with van der Waals surface area (Å²) in [5, 5.41) is 3.54. The fraction of sp³-hybridized carbons (Fsp3) is 0.143. The number of ether oxygens (including phenoxy) is 1. The van der Waals surface area contributed by atoms with Gasteiger partial charge in [0.1, 0.15) is 11.4 Å². The second-order valence-corrected chi connectivity index (χ2v) is 4.40. The number of carbonyl (C=O) groups excluding carboxylic acids is 1. The Kier molecular flexibility index (Phi) is 4.42. The number of nitrogens with zero attached hydrogens (tertiary/aromatic N) is 1. The molecule has 104 valence electrons. The quantitative estimate of drug-likeness (QED) is 0.846. The number of halogens is 1. The number of rotatable bonds is 4. The van der Waals surface area contributed by atoms with Gasteiger partial charge in [-0.05, 0) is 25.1 Å². The number of nitrogens with one attached hydrogen (secondary N) is 1. The molecule has 1 aromatic heterocycles. The van der Waals surface area contributed by atoms with Gasteiger partial charge in [0.2, 0.25) is 0 Å². The Labute approximate surface area is 121 Å². The number of nitrogen functional groups attached to an aromatic ring is 1. The standard InChI is InChI=1S/C14H14ClN3O2/c1-2-20-14(19)10-7-9(16)8-17-13(10)18-12-6-4-3-5-11(12)15/h3-8H,2,16H2,1H3,(H,17,18). The predicted molar refractivity (Wildman–Crippen MR) is 79.3 cm³/mol. The highest BCUT2D eigenvalue weighted by Gasteiger charge is 2.15. The first-order chi connectivity index (χ1) is 9.61. The lowest BCUT2D eigenvalue weighted by Crippen LogP contribution is -2.10. The van der Waals surface area contributed by atoms with E-state index in [2.05, 4.69) is 10.3 Å². The van der Waals surface area contributed by atoms with Crippen molar-refractivity contribution in [2.45, 2.75) is 6.92 Å². The monoisotopic (exact) mass is 291 g/mol. The van der Waals surface area contributed by atoms with Crippen molar-refractivity contribution in [3.05, 3.63) is 47.1 Å². The number of para-hydroxylation sites is 1. The molecule has 3 N–H and O–H groups in total. The molecule has 0 aliphatic heterocycles. The Morgan fingerprint density at radius 3 is 2.90 bits per heavy atom. The molecule has 0 bridgehead atoms. The Morgan fingerprint density at radius 1 is 1.45 bits per heavy atom. The van der Waals surface area contributed by atoms with Crippen LogP contribution in [0.2, 0.25) is 5.02 Å². The number of nitrogens with two attached hydrogens (primary N) is 1. The van der Waals surface area contributed by atoms with E-state index >= 15 is 0 Å². The maximum atomic E-state index is 11.9. The van der Waals surface area contributed by atoms with Crippen molar-refractivity contribution in [2.24, 2.45) is 0 Å². The molecule has 2 aromatic rings. The summed E-state index contributed by atoms with van der Waals surface area (Å²) in [5.74, 6) is -0.132. The number of pyridine rings is 1. The first-order valence-corrected chi connectivity index (χ1v) is 6.43. The van der Waals surface area contributed by atoms with Crippen molar-refractivity contribution in [1.82, 2.24) is 4.98 Å². The molecule has 1 aromatic carbocycles. The molecule has 0 saturated heterocycles. The Hall–Kier alpha value is -2.27. The van der Waals surface area contributed by atoms with Crippen molar-refractivity contribution >= 4 is 34.8 Å². The van der Waals surface area contributed by atoms with Crippen LogP contribution in [-0.2, 0) is 4.74 Å². The minimum atomic E-state index is -0.484. The first kappa shape index (κ1) is 14.1. The van der Waals surface area contributed by atoms with Crippen LogP contribution < -0.4 is 11.1 Å². The van der Waals surface area contributed by atoms with Gasteiger partial charge in [-0.15, -0.1) is 0 Å². The summed E-state index contributed by atoms with van der Waals surface area (Å²) in [7, 11) is 0. The third-order valence-electron chi connectivity index (χ3n) is 2.53. The number of aromatic nitrogens is 1. The van der Waals surface area contributed by atoms with Gasteiger partial charge in [-0.25, -0.2) is 9.78 Å². The van der Waals surface area contributed by atoms with Crippen molar-refractivity contribution < 1.29 is 9.53 Å². The van der Waals surface area contributed by atoms with Crippen LogP contribution in [0.1, 0.15) is 17.3 Å². The number of hydrogen-bond acceptors (Lipinski definition) is 5. The molecule has 20 heavy (non-hydrogen) atoms. The molecule has 6 heteroatoms. The number of carbonyl (C=O) groups is 1. The summed E-state index contributed by atoms with van der Waals surface area (Å²) in [4.78, 5) is 16.0. The lowest BCUT2D eigenvalue weighted by Gasteiger charge is -2.12. The van der Waals surface area contributed by atoms with Gasteiger partial charge in [0.15, 0.2) is 0 Å². The summed E-state index contributed by atoms with van der Waals surface area (Å²) in [5.41, 5.74) is 6.97. The molecule has 0 radical (unpaired) electrons.